The topological polar surface area (TPSA) is 40.7 Å². The third kappa shape index (κ3) is 3.85. The fraction of sp³-hybridized carbons (Fsp3) is 0.400. The largest absolute Gasteiger partial charge is 0.416 e. The van der Waals surface area contributed by atoms with Gasteiger partial charge < -0.3 is 10.3 Å². The minimum absolute atomic E-state index is 0.0236. The van der Waals surface area contributed by atoms with E-state index in [9.17, 15) is 13.2 Å². The molecule has 0 amide bonds. The number of aromatic amines is 1. The van der Waals surface area contributed by atoms with E-state index in [1.165, 1.54) is 12.1 Å². The quantitative estimate of drug-likeness (QED) is 0.867. The maximum atomic E-state index is 12.7. The molecule has 0 saturated carbocycles. The van der Waals surface area contributed by atoms with Crippen LogP contribution in [-0.2, 0) is 6.18 Å². The zero-order valence-electron chi connectivity index (χ0n) is 11.9. The molecule has 0 spiro atoms. The Labute approximate surface area is 121 Å². The van der Waals surface area contributed by atoms with E-state index in [-0.39, 0.29) is 12.1 Å². The number of hydrogen-bond donors (Lipinski definition) is 2. The molecule has 2 aromatic rings. The van der Waals surface area contributed by atoms with Gasteiger partial charge in [0.2, 0.25) is 0 Å². The molecule has 2 atom stereocenters. The van der Waals surface area contributed by atoms with Crippen LogP contribution in [0.1, 0.15) is 49.3 Å². The van der Waals surface area contributed by atoms with Crippen LogP contribution in [-0.4, -0.2) is 9.97 Å². The second-order valence-corrected chi connectivity index (χ2v) is 4.95. The lowest BCUT2D eigenvalue weighted by molar-refractivity contribution is -0.137. The van der Waals surface area contributed by atoms with Gasteiger partial charge in [-0.3, -0.25) is 0 Å². The van der Waals surface area contributed by atoms with Crippen molar-refractivity contribution in [3.63, 3.8) is 0 Å². The summed E-state index contributed by atoms with van der Waals surface area (Å²) in [5.74, 6) is 0.788. The number of halogens is 3. The van der Waals surface area contributed by atoms with E-state index in [4.69, 9.17) is 0 Å². The number of rotatable bonds is 5. The van der Waals surface area contributed by atoms with E-state index < -0.39 is 11.7 Å². The average Bonchev–Trinajstić information content (AvgIpc) is 2.97. The molecule has 0 bridgehead atoms. The maximum absolute atomic E-state index is 12.7. The van der Waals surface area contributed by atoms with Crippen molar-refractivity contribution < 1.29 is 13.2 Å². The van der Waals surface area contributed by atoms with Gasteiger partial charge in [0.15, 0.2) is 0 Å². The van der Waals surface area contributed by atoms with Crippen molar-refractivity contribution in [3.05, 3.63) is 53.6 Å². The molecule has 0 aliphatic carbocycles. The molecule has 2 N–H and O–H groups in total. The molecule has 1 aromatic carbocycles. The van der Waals surface area contributed by atoms with Gasteiger partial charge >= 0.3 is 6.18 Å². The normalized spacial score (nSPS) is 14.9. The lowest BCUT2D eigenvalue weighted by Gasteiger charge is -2.22. The van der Waals surface area contributed by atoms with Crippen LogP contribution in [0.2, 0.25) is 0 Å². The molecule has 0 radical (unpaired) electrons. The predicted octanol–water partition coefficient (Wildman–Crippen LogP) is 4.23. The molecule has 1 heterocycles. The molecule has 2 unspecified atom stereocenters. The van der Waals surface area contributed by atoms with Crippen LogP contribution in [0.5, 0.6) is 0 Å². The molecule has 2 rings (SSSR count). The first-order valence-electron chi connectivity index (χ1n) is 6.84. The van der Waals surface area contributed by atoms with Crippen LogP contribution >= 0.6 is 0 Å². The number of alkyl halides is 3. The third-order valence-electron chi connectivity index (χ3n) is 3.42. The van der Waals surface area contributed by atoms with E-state index >= 15 is 0 Å². The number of nitrogens with zero attached hydrogens (tertiary/aromatic N) is 1. The molecule has 114 valence electrons. The number of H-pyrrole nitrogens is 1. The predicted molar refractivity (Wildman–Crippen MR) is 74.6 cm³/mol. The molecule has 0 saturated heterocycles. The Morgan fingerprint density at radius 2 is 2.10 bits per heavy atom. The molecular formula is C15H18F3N3. The zero-order valence-corrected chi connectivity index (χ0v) is 11.9. The summed E-state index contributed by atoms with van der Waals surface area (Å²) in [7, 11) is 0. The van der Waals surface area contributed by atoms with Crippen LogP contribution in [0.15, 0.2) is 36.7 Å². The molecule has 1 aromatic heterocycles. The first-order chi connectivity index (χ1) is 9.91. The minimum atomic E-state index is -4.32. The lowest BCUT2D eigenvalue weighted by atomic mass is 10.0. The van der Waals surface area contributed by atoms with E-state index in [2.05, 4.69) is 15.3 Å². The van der Waals surface area contributed by atoms with Crippen LogP contribution in [0, 0.1) is 0 Å². The van der Waals surface area contributed by atoms with E-state index in [1.54, 1.807) is 18.5 Å². The van der Waals surface area contributed by atoms with Gasteiger partial charge in [0.05, 0.1) is 11.6 Å². The van der Waals surface area contributed by atoms with Gasteiger partial charge in [-0.15, -0.1) is 0 Å². The summed E-state index contributed by atoms with van der Waals surface area (Å²) in [5, 5.41) is 3.30. The minimum Gasteiger partial charge on any atom is -0.347 e. The summed E-state index contributed by atoms with van der Waals surface area (Å²) in [6, 6.07) is 5.17. The zero-order chi connectivity index (χ0) is 15.5. The van der Waals surface area contributed by atoms with Crippen molar-refractivity contribution in [3.8, 4) is 0 Å². The van der Waals surface area contributed by atoms with Gasteiger partial charge in [0, 0.05) is 18.4 Å². The summed E-state index contributed by atoms with van der Waals surface area (Å²) >= 11 is 0. The maximum Gasteiger partial charge on any atom is 0.416 e. The van der Waals surface area contributed by atoms with Gasteiger partial charge in [-0.05, 0) is 31.0 Å². The Bertz CT molecular complexity index is 564. The molecule has 3 nitrogen and oxygen atoms in total. The second kappa shape index (κ2) is 6.30. The number of aromatic nitrogens is 2. The van der Waals surface area contributed by atoms with Crippen molar-refractivity contribution >= 4 is 0 Å². The summed E-state index contributed by atoms with van der Waals surface area (Å²) in [6.07, 6.45) is -0.138. The van der Waals surface area contributed by atoms with Crippen molar-refractivity contribution in [2.45, 2.75) is 38.5 Å². The van der Waals surface area contributed by atoms with Crippen molar-refractivity contribution in [1.29, 1.82) is 0 Å². The molecule has 21 heavy (non-hydrogen) atoms. The molecule has 0 aliphatic rings. The fourth-order valence-electron chi connectivity index (χ4n) is 2.24. The number of imidazole rings is 1. The van der Waals surface area contributed by atoms with Gasteiger partial charge in [-0.1, -0.05) is 19.1 Å². The Kier molecular flexibility index (Phi) is 4.67. The van der Waals surface area contributed by atoms with E-state index in [0.29, 0.717) is 5.56 Å². The van der Waals surface area contributed by atoms with Gasteiger partial charge in [-0.2, -0.15) is 13.2 Å². The highest BCUT2D eigenvalue weighted by atomic mass is 19.4. The molecule has 0 fully saturated rings. The first kappa shape index (κ1) is 15.6. The summed E-state index contributed by atoms with van der Waals surface area (Å²) < 4.78 is 38.2. The number of nitrogens with one attached hydrogen (secondary N) is 2. The second-order valence-electron chi connectivity index (χ2n) is 4.95. The highest BCUT2D eigenvalue weighted by molar-refractivity contribution is 5.27. The Balaban J connectivity index is 2.14. The van der Waals surface area contributed by atoms with E-state index in [1.807, 2.05) is 13.8 Å². The molecule has 0 aliphatic heterocycles. The summed E-state index contributed by atoms with van der Waals surface area (Å²) in [5.41, 5.74) is -0.0190. The van der Waals surface area contributed by atoms with Crippen molar-refractivity contribution in [2.75, 3.05) is 0 Å². The first-order valence-corrected chi connectivity index (χ1v) is 6.84. The smallest absolute Gasteiger partial charge is 0.347 e. The SMILES string of the molecule is CCC(NC(C)c1cccc(C(F)(F)F)c1)c1ncc[nH]1. The lowest BCUT2D eigenvalue weighted by Crippen LogP contribution is -2.25. The summed E-state index contributed by atoms with van der Waals surface area (Å²) in [6.45, 7) is 3.85. The molecular weight excluding hydrogens is 279 g/mol. The number of benzene rings is 1. The van der Waals surface area contributed by atoms with Gasteiger partial charge in [-0.25, -0.2) is 4.98 Å². The Morgan fingerprint density at radius 3 is 2.67 bits per heavy atom. The van der Waals surface area contributed by atoms with E-state index in [0.717, 1.165) is 18.3 Å². The molecule has 6 heteroatoms. The van der Waals surface area contributed by atoms with Crippen LogP contribution < -0.4 is 5.32 Å². The standard InChI is InChI=1S/C15H18F3N3/c1-3-13(14-19-7-8-20-14)21-10(2)11-5-4-6-12(9-11)15(16,17)18/h4-10,13,21H,3H2,1-2H3,(H,19,20). The van der Waals surface area contributed by atoms with Gasteiger partial charge in [0.1, 0.15) is 5.82 Å². The van der Waals surface area contributed by atoms with Crippen LogP contribution in [0.25, 0.3) is 0 Å². The van der Waals surface area contributed by atoms with Crippen molar-refractivity contribution in [2.24, 2.45) is 0 Å². The monoisotopic (exact) mass is 297 g/mol. The third-order valence-corrected chi connectivity index (χ3v) is 3.42. The fourth-order valence-corrected chi connectivity index (χ4v) is 2.24. The highest BCUT2D eigenvalue weighted by Crippen LogP contribution is 2.31. The van der Waals surface area contributed by atoms with Crippen LogP contribution in [0.3, 0.4) is 0 Å². The summed E-state index contributed by atoms with van der Waals surface area (Å²) in [4.78, 5) is 7.22. The number of hydrogen-bond acceptors (Lipinski definition) is 2. The van der Waals surface area contributed by atoms with Gasteiger partial charge in [0.25, 0.3) is 0 Å². The Hall–Kier alpha value is -1.82. The van der Waals surface area contributed by atoms with Crippen LogP contribution in [0.4, 0.5) is 13.2 Å². The van der Waals surface area contributed by atoms with Crippen molar-refractivity contribution in [1.82, 2.24) is 15.3 Å². The highest BCUT2D eigenvalue weighted by Gasteiger charge is 2.30. The Morgan fingerprint density at radius 1 is 1.33 bits per heavy atom. The average molecular weight is 297 g/mol.